The third kappa shape index (κ3) is 1.81. The van der Waals surface area contributed by atoms with Crippen molar-refractivity contribution in [3.63, 3.8) is 0 Å². The van der Waals surface area contributed by atoms with Crippen LogP contribution >= 0.6 is 0 Å². The van der Waals surface area contributed by atoms with Crippen LogP contribution in [0.3, 0.4) is 0 Å². The molecule has 2 heterocycles. The highest BCUT2D eigenvalue weighted by atomic mass is 16.5. The number of fused-ring (bicyclic) bond motifs is 1. The molecule has 1 aliphatic heterocycles. The molecule has 1 saturated carbocycles. The number of methoxy groups -OCH3 is 1. The molecule has 0 amide bonds. The maximum absolute atomic E-state index is 5.78. The minimum Gasteiger partial charge on any atom is -0.479 e. The smallest absolute Gasteiger partial charge is 0.238 e. The number of nitrogens with two attached hydrogens (primary N) is 1. The Balaban J connectivity index is 1.81. The van der Waals surface area contributed by atoms with Crippen molar-refractivity contribution in [2.45, 2.75) is 19.3 Å². The topological polar surface area (TPSA) is 51.4 Å². The zero-order valence-corrected chi connectivity index (χ0v) is 10.2. The summed E-state index contributed by atoms with van der Waals surface area (Å²) in [6, 6.07) is 3.88. The summed E-state index contributed by atoms with van der Waals surface area (Å²) in [5.41, 5.74) is 6.39. The zero-order valence-electron chi connectivity index (χ0n) is 10.2. The van der Waals surface area contributed by atoms with Gasteiger partial charge in [0.05, 0.1) is 12.8 Å². The fourth-order valence-electron chi connectivity index (χ4n) is 3.20. The largest absolute Gasteiger partial charge is 0.479 e. The Bertz CT molecular complexity index is 409. The molecule has 0 radical (unpaired) electrons. The van der Waals surface area contributed by atoms with Crippen LogP contribution in [-0.2, 0) is 0 Å². The first kappa shape index (κ1) is 10.7. The highest BCUT2D eigenvalue weighted by Gasteiger charge is 2.36. The predicted octanol–water partition coefficient (Wildman–Crippen LogP) is 1.91. The Morgan fingerprint density at radius 2 is 2.00 bits per heavy atom. The van der Waals surface area contributed by atoms with E-state index in [0.29, 0.717) is 11.6 Å². The van der Waals surface area contributed by atoms with Crippen LogP contribution in [-0.4, -0.2) is 25.2 Å². The summed E-state index contributed by atoms with van der Waals surface area (Å²) in [7, 11) is 1.61. The van der Waals surface area contributed by atoms with Crippen molar-refractivity contribution in [1.29, 1.82) is 0 Å². The Morgan fingerprint density at radius 1 is 1.29 bits per heavy atom. The first-order valence-corrected chi connectivity index (χ1v) is 6.33. The molecule has 4 nitrogen and oxygen atoms in total. The van der Waals surface area contributed by atoms with Gasteiger partial charge in [-0.05, 0) is 36.8 Å². The summed E-state index contributed by atoms with van der Waals surface area (Å²) >= 11 is 0. The summed E-state index contributed by atoms with van der Waals surface area (Å²) in [5.74, 6) is 3.30. The van der Waals surface area contributed by atoms with Crippen molar-refractivity contribution < 1.29 is 4.74 Å². The van der Waals surface area contributed by atoms with E-state index in [4.69, 9.17) is 10.5 Å². The molecule has 1 saturated heterocycles. The Labute approximate surface area is 102 Å². The van der Waals surface area contributed by atoms with Gasteiger partial charge in [0.25, 0.3) is 0 Å². The van der Waals surface area contributed by atoms with E-state index in [0.717, 1.165) is 30.7 Å². The highest BCUT2D eigenvalue weighted by molar-refractivity contribution is 5.55. The van der Waals surface area contributed by atoms with Crippen LogP contribution in [0.5, 0.6) is 5.88 Å². The molecule has 3 rings (SSSR count). The standard InChI is InChI=1S/C13H19N3O/c1-17-13-11(14)5-6-12(15-13)16-7-9-3-2-4-10(9)8-16/h5-6,9-10H,2-4,7-8,14H2,1H3. The summed E-state index contributed by atoms with van der Waals surface area (Å²) in [4.78, 5) is 6.85. The van der Waals surface area contributed by atoms with Gasteiger partial charge in [-0.15, -0.1) is 0 Å². The first-order chi connectivity index (χ1) is 8.28. The van der Waals surface area contributed by atoms with Crippen molar-refractivity contribution in [3.05, 3.63) is 12.1 Å². The monoisotopic (exact) mass is 233 g/mol. The van der Waals surface area contributed by atoms with Gasteiger partial charge in [-0.2, -0.15) is 4.98 Å². The lowest BCUT2D eigenvalue weighted by Crippen LogP contribution is -2.22. The summed E-state index contributed by atoms with van der Waals surface area (Å²) in [5, 5.41) is 0. The molecular weight excluding hydrogens is 214 g/mol. The molecule has 0 bridgehead atoms. The van der Waals surface area contributed by atoms with Gasteiger partial charge in [0.1, 0.15) is 5.82 Å². The first-order valence-electron chi connectivity index (χ1n) is 6.33. The van der Waals surface area contributed by atoms with Crippen LogP contribution in [0.2, 0.25) is 0 Å². The molecule has 2 aliphatic rings. The van der Waals surface area contributed by atoms with Gasteiger partial charge < -0.3 is 15.4 Å². The van der Waals surface area contributed by atoms with Crippen molar-refractivity contribution in [2.24, 2.45) is 11.8 Å². The van der Waals surface area contributed by atoms with E-state index in [1.165, 1.54) is 19.3 Å². The van der Waals surface area contributed by atoms with Gasteiger partial charge >= 0.3 is 0 Å². The molecule has 0 spiro atoms. The minimum absolute atomic E-state index is 0.541. The number of hydrogen-bond donors (Lipinski definition) is 1. The lowest BCUT2D eigenvalue weighted by molar-refractivity contribution is 0.400. The van der Waals surface area contributed by atoms with Crippen LogP contribution in [0.15, 0.2) is 12.1 Å². The van der Waals surface area contributed by atoms with Crippen molar-refractivity contribution >= 4 is 11.5 Å². The molecule has 0 aromatic carbocycles. The number of hydrogen-bond acceptors (Lipinski definition) is 4. The third-order valence-electron chi connectivity index (χ3n) is 4.12. The SMILES string of the molecule is COc1nc(N2CC3CCCC3C2)ccc1N. The van der Waals surface area contributed by atoms with E-state index in [2.05, 4.69) is 9.88 Å². The van der Waals surface area contributed by atoms with E-state index in [1.54, 1.807) is 7.11 Å². The fourth-order valence-corrected chi connectivity index (χ4v) is 3.20. The maximum Gasteiger partial charge on any atom is 0.238 e. The van der Waals surface area contributed by atoms with Crippen LogP contribution in [0, 0.1) is 11.8 Å². The number of nitrogens with zero attached hydrogens (tertiary/aromatic N) is 2. The van der Waals surface area contributed by atoms with Crippen LogP contribution in [0.4, 0.5) is 11.5 Å². The summed E-state index contributed by atoms with van der Waals surface area (Å²) in [6.07, 6.45) is 4.17. The second-order valence-corrected chi connectivity index (χ2v) is 5.12. The van der Waals surface area contributed by atoms with Crippen LogP contribution in [0.1, 0.15) is 19.3 Å². The van der Waals surface area contributed by atoms with Gasteiger partial charge in [0.15, 0.2) is 0 Å². The average Bonchev–Trinajstić information content (AvgIpc) is 2.90. The molecule has 2 fully saturated rings. The zero-order chi connectivity index (χ0) is 11.8. The number of rotatable bonds is 2. The molecule has 1 aromatic heterocycles. The Kier molecular flexibility index (Phi) is 2.57. The van der Waals surface area contributed by atoms with E-state index in [1.807, 2.05) is 12.1 Å². The van der Waals surface area contributed by atoms with Gasteiger partial charge in [0.2, 0.25) is 5.88 Å². The molecule has 17 heavy (non-hydrogen) atoms. The molecule has 92 valence electrons. The molecule has 2 N–H and O–H groups in total. The van der Waals surface area contributed by atoms with E-state index in [9.17, 15) is 0 Å². The molecule has 2 atom stereocenters. The molecule has 1 aromatic rings. The Hall–Kier alpha value is -1.45. The second kappa shape index (κ2) is 4.09. The number of ether oxygens (including phenoxy) is 1. The molecular formula is C13H19N3O. The van der Waals surface area contributed by atoms with Crippen molar-refractivity contribution in [3.8, 4) is 5.88 Å². The van der Waals surface area contributed by atoms with Crippen molar-refractivity contribution in [2.75, 3.05) is 30.8 Å². The van der Waals surface area contributed by atoms with Crippen molar-refractivity contribution in [1.82, 2.24) is 4.98 Å². The highest BCUT2D eigenvalue weighted by Crippen LogP contribution is 2.39. The van der Waals surface area contributed by atoms with Gasteiger partial charge in [0, 0.05) is 13.1 Å². The summed E-state index contributed by atoms with van der Waals surface area (Å²) in [6.45, 7) is 2.29. The lowest BCUT2D eigenvalue weighted by atomic mass is 10.0. The van der Waals surface area contributed by atoms with Gasteiger partial charge in [-0.25, -0.2) is 0 Å². The van der Waals surface area contributed by atoms with Crippen LogP contribution < -0.4 is 15.4 Å². The lowest BCUT2D eigenvalue weighted by Gasteiger charge is -2.19. The van der Waals surface area contributed by atoms with E-state index >= 15 is 0 Å². The third-order valence-corrected chi connectivity index (χ3v) is 4.12. The predicted molar refractivity (Wildman–Crippen MR) is 68.2 cm³/mol. The second-order valence-electron chi connectivity index (χ2n) is 5.12. The molecule has 1 aliphatic carbocycles. The number of pyridine rings is 1. The van der Waals surface area contributed by atoms with Crippen LogP contribution in [0.25, 0.3) is 0 Å². The average molecular weight is 233 g/mol. The molecule has 2 unspecified atom stereocenters. The normalized spacial score (nSPS) is 27.2. The van der Waals surface area contributed by atoms with E-state index < -0.39 is 0 Å². The van der Waals surface area contributed by atoms with E-state index in [-0.39, 0.29) is 0 Å². The minimum atomic E-state index is 0.541. The number of nitrogen functional groups attached to an aromatic ring is 1. The maximum atomic E-state index is 5.78. The number of aromatic nitrogens is 1. The number of anilines is 2. The van der Waals surface area contributed by atoms with Gasteiger partial charge in [-0.1, -0.05) is 6.42 Å². The quantitative estimate of drug-likeness (QED) is 0.847. The Morgan fingerprint density at radius 3 is 2.65 bits per heavy atom. The fraction of sp³-hybridized carbons (Fsp3) is 0.615. The summed E-state index contributed by atoms with van der Waals surface area (Å²) < 4.78 is 5.18. The van der Waals surface area contributed by atoms with Gasteiger partial charge in [-0.3, -0.25) is 0 Å². The molecule has 4 heteroatoms.